The lowest BCUT2D eigenvalue weighted by Gasteiger charge is -2.09. The third-order valence-corrected chi connectivity index (χ3v) is 3.61. The second kappa shape index (κ2) is 4.54. The number of nitrogens with zero attached hydrogens (tertiary/aromatic N) is 1. The molecule has 3 nitrogen and oxygen atoms in total. The van der Waals surface area contributed by atoms with Gasteiger partial charge in [-0.1, -0.05) is 6.07 Å². The van der Waals surface area contributed by atoms with E-state index in [0.29, 0.717) is 12.0 Å². The standard InChI is InChI=1S/C14H13F3N2O/c15-14(16,17)9-4-3-5-10(8-9)19-13(20)11-6-1-2-7-12(11)18-19/h3-5,8,18H,1-2,6-7H2. The first-order chi connectivity index (χ1) is 9.47. The minimum Gasteiger partial charge on any atom is -0.295 e. The van der Waals surface area contributed by atoms with E-state index in [9.17, 15) is 18.0 Å². The molecule has 1 heterocycles. The maximum absolute atomic E-state index is 12.7. The molecular weight excluding hydrogens is 269 g/mol. The molecule has 0 spiro atoms. The molecule has 0 unspecified atom stereocenters. The van der Waals surface area contributed by atoms with Gasteiger partial charge >= 0.3 is 6.18 Å². The molecule has 0 fully saturated rings. The fraction of sp³-hybridized carbons (Fsp3) is 0.357. The number of rotatable bonds is 1. The summed E-state index contributed by atoms with van der Waals surface area (Å²) in [6.07, 6.45) is -1.00. The van der Waals surface area contributed by atoms with E-state index in [1.165, 1.54) is 16.8 Å². The molecule has 1 aliphatic carbocycles. The largest absolute Gasteiger partial charge is 0.416 e. The maximum Gasteiger partial charge on any atom is 0.416 e. The minimum absolute atomic E-state index is 0.222. The number of fused-ring (bicyclic) bond motifs is 1. The summed E-state index contributed by atoms with van der Waals surface area (Å²) in [5.74, 6) is 0. The van der Waals surface area contributed by atoms with Crippen LogP contribution < -0.4 is 5.56 Å². The fourth-order valence-electron chi connectivity index (χ4n) is 2.59. The Hall–Kier alpha value is -1.98. The predicted octanol–water partition coefficient (Wildman–Crippen LogP) is 3.06. The molecule has 2 aromatic rings. The van der Waals surface area contributed by atoms with Gasteiger partial charge in [-0.25, -0.2) is 4.68 Å². The highest BCUT2D eigenvalue weighted by Gasteiger charge is 2.30. The summed E-state index contributed by atoms with van der Waals surface area (Å²) in [5, 5.41) is 2.93. The number of benzene rings is 1. The quantitative estimate of drug-likeness (QED) is 0.857. The summed E-state index contributed by atoms with van der Waals surface area (Å²) in [7, 11) is 0. The number of H-pyrrole nitrogens is 1. The molecule has 0 atom stereocenters. The molecule has 1 N–H and O–H groups in total. The molecule has 3 rings (SSSR count). The number of hydrogen-bond acceptors (Lipinski definition) is 1. The molecule has 1 aliphatic rings. The van der Waals surface area contributed by atoms with Crippen molar-refractivity contribution >= 4 is 0 Å². The van der Waals surface area contributed by atoms with Gasteiger partial charge in [0, 0.05) is 11.3 Å². The molecular formula is C14H13F3N2O. The first-order valence-electron chi connectivity index (χ1n) is 6.47. The van der Waals surface area contributed by atoms with E-state index in [1.807, 2.05) is 0 Å². The monoisotopic (exact) mass is 282 g/mol. The summed E-state index contributed by atoms with van der Waals surface area (Å²) in [5.41, 5.74) is 0.778. The van der Waals surface area contributed by atoms with Crippen LogP contribution in [0.2, 0.25) is 0 Å². The Morgan fingerprint density at radius 3 is 2.60 bits per heavy atom. The molecule has 0 saturated carbocycles. The highest BCUT2D eigenvalue weighted by Crippen LogP contribution is 2.30. The van der Waals surface area contributed by atoms with Gasteiger partial charge in [0.25, 0.3) is 5.56 Å². The minimum atomic E-state index is -4.41. The molecule has 20 heavy (non-hydrogen) atoms. The van der Waals surface area contributed by atoms with Gasteiger partial charge in [-0.15, -0.1) is 0 Å². The molecule has 106 valence electrons. The van der Waals surface area contributed by atoms with E-state index < -0.39 is 11.7 Å². The molecule has 6 heteroatoms. The molecule has 0 radical (unpaired) electrons. The smallest absolute Gasteiger partial charge is 0.295 e. The van der Waals surface area contributed by atoms with Crippen molar-refractivity contribution < 1.29 is 13.2 Å². The molecule has 0 saturated heterocycles. The van der Waals surface area contributed by atoms with Crippen molar-refractivity contribution in [3.63, 3.8) is 0 Å². The third kappa shape index (κ3) is 2.15. The first kappa shape index (κ1) is 13.0. The summed E-state index contributed by atoms with van der Waals surface area (Å²) in [6, 6.07) is 4.80. The topological polar surface area (TPSA) is 37.8 Å². The van der Waals surface area contributed by atoms with Crippen LogP contribution in [-0.2, 0) is 19.0 Å². The molecule has 0 bridgehead atoms. The Morgan fingerprint density at radius 1 is 1.15 bits per heavy atom. The number of hydrogen-bond donors (Lipinski definition) is 1. The van der Waals surface area contributed by atoms with Gasteiger partial charge in [-0.05, 0) is 43.9 Å². The number of aromatic nitrogens is 2. The van der Waals surface area contributed by atoms with Gasteiger partial charge in [-0.3, -0.25) is 9.89 Å². The third-order valence-electron chi connectivity index (χ3n) is 3.61. The number of aromatic amines is 1. The van der Waals surface area contributed by atoms with Crippen LogP contribution >= 0.6 is 0 Å². The van der Waals surface area contributed by atoms with Crippen molar-refractivity contribution in [1.29, 1.82) is 0 Å². The maximum atomic E-state index is 12.7. The van der Waals surface area contributed by atoms with E-state index in [1.54, 1.807) is 0 Å². The average molecular weight is 282 g/mol. The van der Waals surface area contributed by atoms with Crippen molar-refractivity contribution in [1.82, 2.24) is 9.78 Å². The predicted molar refractivity (Wildman–Crippen MR) is 68.0 cm³/mol. The number of aryl methyl sites for hydroxylation is 1. The van der Waals surface area contributed by atoms with Gasteiger partial charge in [0.1, 0.15) is 0 Å². The van der Waals surface area contributed by atoms with Crippen molar-refractivity contribution in [2.24, 2.45) is 0 Å². The van der Waals surface area contributed by atoms with Gasteiger partial charge < -0.3 is 0 Å². The van der Waals surface area contributed by atoms with E-state index in [2.05, 4.69) is 5.10 Å². The van der Waals surface area contributed by atoms with Gasteiger partial charge in [0.2, 0.25) is 0 Å². The first-order valence-corrected chi connectivity index (χ1v) is 6.47. The molecule has 1 aromatic heterocycles. The number of alkyl halides is 3. The zero-order valence-electron chi connectivity index (χ0n) is 10.6. The van der Waals surface area contributed by atoms with Crippen LogP contribution in [0, 0.1) is 0 Å². The number of halogens is 3. The van der Waals surface area contributed by atoms with Crippen LogP contribution in [0.5, 0.6) is 0 Å². The Kier molecular flexibility index (Phi) is 2.96. The average Bonchev–Trinajstić information content (AvgIpc) is 2.76. The lowest BCUT2D eigenvalue weighted by atomic mass is 9.98. The second-order valence-corrected chi connectivity index (χ2v) is 4.96. The van der Waals surface area contributed by atoms with Crippen molar-refractivity contribution in [2.75, 3.05) is 0 Å². The fourth-order valence-corrected chi connectivity index (χ4v) is 2.59. The van der Waals surface area contributed by atoms with Crippen LogP contribution in [0.4, 0.5) is 13.2 Å². The van der Waals surface area contributed by atoms with Crippen LogP contribution in [0.3, 0.4) is 0 Å². The molecule has 0 amide bonds. The summed E-state index contributed by atoms with van der Waals surface area (Å²) >= 11 is 0. The lowest BCUT2D eigenvalue weighted by Crippen LogP contribution is -2.18. The molecule has 0 aliphatic heterocycles. The SMILES string of the molecule is O=c1c2c([nH]n1-c1cccc(C(F)(F)F)c1)CCCC2. The Morgan fingerprint density at radius 2 is 1.90 bits per heavy atom. The van der Waals surface area contributed by atoms with Crippen LogP contribution in [-0.4, -0.2) is 9.78 Å². The van der Waals surface area contributed by atoms with Crippen molar-refractivity contribution in [2.45, 2.75) is 31.9 Å². The molecule has 1 aromatic carbocycles. The summed E-state index contributed by atoms with van der Waals surface area (Å²) < 4.78 is 39.4. The normalized spacial score (nSPS) is 15.2. The van der Waals surface area contributed by atoms with Gasteiger partial charge in [0.15, 0.2) is 0 Å². The van der Waals surface area contributed by atoms with E-state index in [0.717, 1.165) is 37.1 Å². The highest BCUT2D eigenvalue weighted by atomic mass is 19.4. The summed E-state index contributed by atoms with van der Waals surface area (Å²) in [6.45, 7) is 0. The zero-order valence-corrected chi connectivity index (χ0v) is 10.6. The lowest BCUT2D eigenvalue weighted by molar-refractivity contribution is -0.137. The highest BCUT2D eigenvalue weighted by molar-refractivity contribution is 5.38. The summed E-state index contributed by atoms with van der Waals surface area (Å²) in [4.78, 5) is 12.2. The Bertz CT molecular complexity index is 697. The Labute approximate surface area is 113 Å². The van der Waals surface area contributed by atoms with E-state index in [4.69, 9.17) is 0 Å². The van der Waals surface area contributed by atoms with Gasteiger partial charge in [-0.2, -0.15) is 13.2 Å². The van der Waals surface area contributed by atoms with E-state index >= 15 is 0 Å². The number of nitrogens with one attached hydrogen (secondary N) is 1. The second-order valence-electron chi connectivity index (χ2n) is 4.96. The van der Waals surface area contributed by atoms with Crippen LogP contribution in [0.15, 0.2) is 29.1 Å². The van der Waals surface area contributed by atoms with Crippen molar-refractivity contribution in [3.05, 3.63) is 51.4 Å². The van der Waals surface area contributed by atoms with Crippen LogP contribution in [0.25, 0.3) is 5.69 Å². The van der Waals surface area contributed by atoms with Gasteiger partial charge in [0.05, 0.1) is 11.3 Å². The van der Waals surface area contributed by atoms with Crippen molar-refractivity contribution in [3.8, 4) is 5.69 Å². The van der Waals surface area contributed by atoms with Crippen LogP contribution in [0.1, 0.15) is 29.7 Å². The zero-order chi connectivity index (χ0) is 14.3. The van der Waals surface area contributed by atoms with E-state index in [-0.39, 0.29) is 11.2 Å². The Balaban J connectivity index is 2.10.